The number of nitrogens with zero attached hydrogens (tertiary/aromatic N) is 2. The van der Waals surface area contributed by atoms with E-state index in [-0.39, 0.29) is 5.82 Å². The Morgan fingerprint density at radius 2 is 1.89 bits per heavy atom. The van der Waals surface area contributed by atoms with Crippen molar-refractivity contribution in [2.45, 2.75) is 27.7 Å². The Hall–Kier alpha value is -1.39. The minimum absolute atomic E-state index is 0.224. The largest absolute Gasteiger partial charge is 0.371 e. The molecule has 5 heteroatoms. The van der Waals surface area contributed by atoms with Crippen molar-refractivity contribution >= 4 is 11.8 Å². The van der Waals surface area contributed by atoms with Crippen LogP contribution in [-0.2, 0) is 0 Å². The summed E-state index contributed by atoms with van der Waals surface area (Å²) in [5.74, 6) is 0.841. The van der Waals surface area contributed by atoms with Crippen LogP contribution in [0.2, 0.25) is 0 Å². The van der Waals surface area contributed by atoms with Crippen molar-refractivity contribution in [3.05, 3.63) is 12.0 Å². The lowest BCUT2D eigenvalue weighted by Gasteiger charge is -2.07. The zero-order valence-corrected chi connectivity index (χ0v) is 11.6. The SMILES string of the molecule is CNc1nc(NCC2C(C)(C)C2(C)C)ncc1F. The quantitative estimate of drug-likeness (QED) is 0.865. The summed E-state index contributed by atoms with van der Waals surface area (Å²) in [7, 11) is 1.64. The van der Waals surface area contributed by atoms with Gasteiger partial charge in [-0.15, -0.1) is 0 Å². The van der Waals surface area contributed by atoms with Crippen LogP contribution < -0.4 is 10.6 Å². The Morgan fingerprint density at radius 1 is 1.28 bits per heavy atom. The number of hydrogen-bond donors (Lipinski definition) is 2. The predicted octanol–water partition coefficient (Wildman–Crippen LogP) is 2.75. The van der Waals surface area contributed by atoms with Gasteiger partial charge < -0.3 is 10.6 Å². The molecule has 18 heavy (non-hydrogen) atoms. The number of nitrogens with one attached hydrogen (secondary N) is 2. The van der Waals surface area contributed by atoms with Gasteiger partial charge in [0, 0.05) is 13.6 Å². The first kappa shape index (κ1) is 13.1. The first-order valence-corrected chi connectivity index (χ1v) is 6.25. The third-order valence-electron chi connectivity index (χ3n) is 4.76. The zero-order chi connectivity index (χ0) is 13.6. The molecule has 1 heterocycles. The molecule has 2 N–H and O–H groups in total. The minimum atomic E-state index is -0.435. The molecule has 1 aromatic heterocycles. The molecule has 1 saturated carbocycles. The van der Waals surface area contributed by atoms with Crippen LogP contribution in [0.4, 0.5) is 16.2 Å². The van der Waals surface area contributed by atoms with E-state index in [9.17, 15) is 4.39 Å². The van der Waals surface area contributed by atoms with Gasteiger partial charge in [0.15, 0.2) is 11.6 Å². The van der Waals surface area contributed by atoms with E-state index >= 15 is 0 Å². The van der Waals surface area contributed by atoms with Crippen molar-refractivity contribution in [1.29, 1.82) is 0 Å². The second-order valence-corrected chi connectivity index (χ2v) is 6.02. The van der Waals surface area contributed by atoms with Gasteiger partial charge >= 0.3 is 0 Å². The maximum atomic E-state index is 13.2. The molecule has 0 aliphatic heterocycles. The van der Waals surface area contributed by atoms with Crippen molar-refractivity contribution in [3.63, 3.8) is 0 Å². The molecular formula is C13H21FN4. The number of hydrogen-bond acceptors (Lipinski definition) is 4. The van der Waals surface area contributed by atoms with Crippen LogP contribution in [0.3, 0.4) is 0 Å². The molecule has 2 rings (SSSR count). The highest BCUT2D eigenvalue weighted by Crippen LogP contribution is 2.68. The summed E-state index contributed by atoms with van der Waals surface area (Å²) in [6.07, 6.45) is 1.18. The van der Waals surface area contributed by atoms with Crippen molar-refractivity contribution in [1.82, 2.24) is 9.97 Å². The smallest absolute Gasteiger partial charge is 0.224 e. The summed E-state index contributed by atoms with van der Waals surface area (Å²) in [5.41, 5.74) is 0.651. The van der Waals surface area contributed by atoms with Crippen molar-refractivity contribution < 1.29 is 4.39 Å². The lowest BCUT2D eigenvalue weighted by Crippen LogP contribution is -2.11. The van der Waals surface area contributed by atoms with Crippen LogP contribution in [-0.4, -0.2) is 23.6 Å². The van der Waals surface area contributed by atoms with E-state index in [1.54, 1.807) is 7.05 Å². The van der Waals surface area contributed by atoms with Gasteiger partial charge in [-0.3, -0.25) is 0 Å². The average Bonchev–Trinajstić information content (AvgIpc) is 2.69. The molecule has 1 aliphatic rings. The van der Waals surface area contributed by atoms with Crippen LogP contribution in [0.15, 0.2) is 6.20 Å². The fourth-order valence-electron chi connectivity index (χ4n) is 2.66. The molecule has 0 bridgehead atoms. The van der Waals surface area contributed by atoms with Crippen LogP contribution in [0.5, 0.6) is 0 Å². The Morgan fingerprint density at radius 3 is 2.39 bits per heavy atom. The van der Waals surface area contributed by atoms with Gasteiger partial charge in [0.05, 0.1) is 6.20 Å². The number of anilines is 2. The second-order valence-electron chi connectivity index (χ2n) is 6.02. The van der Waals surface area contributed by atoms with Crippen molar-refractivity contribution in [2.24, 2.45) is 16.7 Å². The van der Waals surface area contributed by atoms with Crippen LogP contribution >= 0.6 is 0 Å². The first-order chi connectivity index (χ1) is 8.30. The van der Waals surface area contributed by atoms with E-state index in [1.807, 2.05) is 0 Å². The lowest BCUT2D eigenvalue weighted by molar-refractivity contribution is 0.457. The maximum Gasteiger partial charge on any atom is 0.224 e. The van der Waals surface area contributed by atoms with Crippen molar-refractivity contribution in [2.75, 3.05) is 24.2 Å². The Bertz CT molecular complexity index is 442. The van der Waals surface area contributed by atoms with E-state index < -0.39 is 5.82 Å². The summed E-state index contributed by atoms with van der Waals surface area (Å²) < 4.78 is 13.2. The van der Waals surface area contributed by atoms with Gasteiger partial charge in [-0.05, 0) is 16.7 Å². The molecule has 1 fully saturated rings. The summed E-state index contributed by atoms with van der Waals surface area (Å²) in [4.78, 5) is 8.02. The molecule has 0 unspecified atom stereocenters. The molecule has 0 radical (unpaired) electrons. The number of aromatic nitrogens is 2. The topological polar surface area (TPSA) is 49.8 Å². The molecule has 0 atom stereocenters. The molecular weight excluding hydrogens is 231 g/mol. The molecule has 0 saturated heterocycles. The molecule has 1 aliphatic carbocycles. The highest BCUT2D eigenvalue weighted by molar-refractivity contribution is 5.40. The molecule has 0 aromatic carbocycles. The first-order valence-electron chi connectivity index (χ1n) is 6.25. The second kappa shape index (κ2) is 4.07. The van der Waals surface area contributed by atoms with Crippen LogP contribution in [0, 0.1) is 22.6 Å². The minimum Gasteiger partial charge on any atom is -0.371 e. The van der Waals surface area contributed by atoms with Gasteiger partial charge in [-0.25, -0.2) is 9.37 Å². The normalized spacial score (nSPS) is 20.6. The Kier molecular flexibility index (Phi) is 2.95. The monoisotopic (exact) mass is 252 g/mol. The third-order valence-corrected chi connectivity index (χ3v) is 4.76. The maximum absolute atomic E-state index is 13.2. The predicted molar refractivity (Wildman–Crippen MR) is 71.1 cm³/mol. The van der Waals surface area contributed by atoms with Gasteiger partial charge in [-0.1, -0.05) is 27.7 Å². The van der Waals surface area contributed by atoms with E-state index in [1.165, 1.54) is 6.20 Å². The molecule has 1 aromatic rings. The standard InChI is InChI=1S/C13H21FN4/c1-12(2)9(13(12,3)4)7-17-11-16-6-8(14)10(15-5)18-11/h6,9H,7H2,1-5H3,(H2,15,16,17,18). The highest BCUT2D eigenvalue weighted by atomic mass is 19.1. The molecule has 100 valence electrons. The summed E-state index contributed by atoms with van der Waals surface area (Å²) >= 11 is 0. The fraction of sp³-hybridized carbons (Fsp3) is 0.692. The molecule has 4 nitrogen and oxygen atoms in total. The Balaban J connectivity index is 2.00. The average molecular weight is 252 g/mol. The van der Waals surface area contributed by atoms with Crippen LogP contribution in [0.25, 0.3) is 0 Å². The zero-order valence-electron chi connectivity index (χ0n) is 11.6. The summed E-state index contributed by atoms with van der Waals surface area (Å²) in [5, 5.41) is 5.90. The molecule has 0 spiro atoms. The van der Waals surface area contributed by atoms with E-state index in [2.05, 4.69) is 48.3 Å². The highest BCUT2D eigenvalue weighted by Gasteiger charge is 2.64. The lowest BCUT2D eigenvalue weighted by atomic mass is 10.0. The van der Waals surface area contributed by atoms with Gasteiger partial charge in [0.2, 0.25) is 5.95 Å². The van der Waals surface area contributed by atoms with Crippen LogP contribution in [0.1, 0.15) is 27.7 Å². The number of rotatable bonds is 4. The van der Waals surface area contributed by atoms with E-state index in [0.29, 0.717) is 22.7 Å². The van der Waals surface area contributed by atoms with Gasteiger partial charge in [0.1, 0.15) is 0 Å². The Labute approximate surface area is 107 Å². The fourth-order valence-corrected chi connectivity index (χ4v) is 2.66. The van der Waals surface area contributed by atoms with E-state index in [0.717, 1.165) is 6.54 Å². The molecule has 0 amide bonds. The summed E-state index contributed by atoms with van der Waals surface area (Å²) in [6.45, 7) is 9.89. The third kappa shape index (κ3) is 1.91. The number of halogens is 1. The van der Waals surface area contributed by atoms with Gasteiger partial charge in [-0.2, -0.15) is 4.98 Å². The van der Waals surface area contributed by atoms with E-state index in [4.69, 9.17) is 0 Å². The summed E-state index contributed by atoms with van der Waals surface area (Å²) in [6, 6.07) is 0. The van der Waals surface area contributed by atoms with Gasteiger partial charge in [0.25, 0.3) is 0 Å². The van der Waals surface area contributed by atoms with Crippen molar-refractivity contribution in [3.8, 4) is 0 Å².